The van der Waals surface area contributed by atoms with Crippen LogP contribution in [0.2, 0.25) is 0 Å². The first-order valence-electron chi connectivity index (χ1n) is 5.23. The van der Waals surface area contributed by atoms with Crippen molar-refractivity contribution in [2.75, 3.05) is 0 Å². The van der Waals surface area contributed by atoms with Crippen LogP contribution in [-0.2, 0) is 0 Å². The Balaban J connectivity index is 0. The molecule has 0 rings (SSSR count). The van der Waals surface area contributed by atoms with Gasteiger partial charge < -0.3 is 0 Å². The molecule has 0 aromatic rings. The van der Waals surface area contributed by atoms with Crippen LogP contribution in [0.5, 0.6) is 0 Å². The van der Waals surface area contributed by atoms with Gasteiger partial charge in [0, 0.05) is 0 Å². The van der Waals surface area contributed by atoms with Gasteiger partial charge in [-0.05, 0) is 23.7 Å². The van der Waals surface area contributed by atoms with E-state index in [4.69, 9.17) is 0 Å². The van der Waals surface area contributed by atoms with E-state index in [1.165, 1.54) is 5.57 Å². The topological polar surface area (TPSA) is 0 Å². The Kier molecular flexibility index (Phi) is 5.78. The molecule has 0 aromatic heterocycles. The average molecular weight is 198 g/mol. The fraction of sp³-hybridized carbons (Fsp3) is 0.857. The normalized spacial score (nSPS) is 16.1. The van der Waals surface area contributed by atoms with E-state index in [0.717, 1.165) is 0 Å². The lowest BCUT2D eigenvalue weighted by Crippen LogP contribution is -2.19. The third kappa shape index (κ3) is 6.23. The molecule has 0 saturated heterocycles. The predicted molar refractivity (Wildman–Crippen MR) is 68.6 cm³/mol. The largest absolute Gasteiger partial charge is 0.0799 e. The molecule has 0 aliphatic carbocycles. The molecule has 0 radical (unpaired) electrons. The summed E-state index contributed by atoms with van der Waals surface area (Å²) in [5.41, 5.74) is 2.20. The maximum atomic E-state index is 2.39. The van der Waals surface area contributed by atoms with Gasteiger partial charge in [-0.2, -0.15) is 0 Å². The molecule has 14 heavy (non-hydrogen) atoms. The predicted octanol–water partition coefficient (Wildman–Crippen LogP) is 5.30. The molecule has 86 valence electrons. The minimum atomic E-state index is 0. The van der Waals surface area contributed by atoms with Gasteiger partial charge in [-0.1, -0.05) is 67.5 Å². The third-order valence-corrected chi connectivity index (χ3v) is 2.64. The summed E-state index contributed by atoms with van der Waals surface area (Å²) in [4.78, 5) is 0. The second-order valence-electron chi connectivity index (χ2n) is 6.34. The zero-order valence-corrected chi connectivity index (χ0v) is 10.7. The zero-order valence-electron chi connectivity index (χ0n) is 10.7. The SMILES string of the molecule is C.C/C(=C\C(C)(C)C)C(C)C(C)(C)C. The lowest BCUT2D eigenvalue weighted by Gasteiger charge is -2.29. The van der Waals surface area contributed by atoms with Crippen molar-refractivity contribution in [1.82, 2.24) is 0 Å². The van der Waals surface area contributed by atoms with Crippen LogP contribution in [-0.4, -0.2) is 0 Å². The quantitative estimate of drug-likeness (QED) is 0.502. The molecule has 0 nitrogen and oxygen atoms in total. The maximum Gasteiger partial charge on any atom is -0.0185 e. The summed E-state index contributed by atoms with van der Waals surface area (Å²) in [6.07, 6.45) is 2.39. The van der Waals surface area contributed by atoms with Crippen molar-refractivity contribution in [1.29, 1.82) is 0 Å². The first-order valence-corrected chi connectivity index (χ1v) is 5.23. The highest BCUT2D eigenvalue weighted by Gasteiger charge is 2.22. The molecule has 0 bridgehead atoms. The van der Waals surface area contributed by atoms with Crippen LogP contribution in [0.25, 0.3) is 0 Å². The van der Waals surface area contributed by atoms with Crippen LogP contribution >= 0.6 is 0 Å². The van der Waals surface area contributed by atoms with Crippen molar-refractivity contribution in [3.63, 3.8) is 0 Å². The number of hydrogen-bond acceptors (Lipinski definition) is 0. The lowest BCUT2D eigenvalue weighted by molar-refractivity contribution is 0.297. The Labute approximate surface area is 91.8 Å². The van der Waals surface area contributed by atoms with E-state index in [1.54, 1.807) is 0 Å². The maximum absolute atomic E-state index is 2.39. The first-order chi connectivity index (χ1) is 5.54. The van der Waals surface area contributed by atoms with E-state index in [0.29, 0.717) is 16.7 Å². The van der Waals surface area contributed by atoms with Gasteiger partial charge in [0.1, 0.15) is 0 Å². The molecule has 0 fully saturated rings. The summed E-state index contributed by atoms with van der Waals surface area (Å²) >= 11 is 0. The van der Waals surface area contributed by atoms with Crippen molar-refractivity contribution in [2.45, 2.75) is 62.8 Å². The number of allylic oxidation sites excluding steroid dienone is 2. The van der Waals surface area contributed by atoms with Crippen LogP contribution in [0.3, 0.4) is 0 Å². The molecule has 1 atom stereocenters. The highest BCUT2D eigenvalue weighted by molar-refractivity contribution is 5.09. The minimum absolute atomic E-state index is 0. The van der Waals surface area contributed by atoms with Crippen LogP contribution in [0.1, 0.15) is 62.8 Å². The molecule has 0 heteroatoms. The van der Waals surface area contributed by atoms with E-state index < -0.39 is 0 Å². The lowest BCUT2D eigenvalue weighted by atomic mass is 9.76. The number of hydrogen-bond donors (Lipinski definition) is 0. The molecule has 0 aromatic carbocycles. The zero-order chi connectivity index (χ0) is 10.9. The van der Waals surface area contributed by atoms with Crippen molar-refractivity contribution in [3.8, 4) is 0 Å². The van der Waals surface area contributed by atoms with E-state index in [9.17, 15) is 0 Å². The van der Waals surface area contributed by atoms with Crippen molar-refractivity contribution in [3.05, 3.63) is 11.6 Å². The fourth-order valence-corrected chi connectivity index (χ4v) is 1.49. The van der Waals surface area contributed by atoms with E-state index in [-0.39, 0.29) is 7.43 Å². The molecular formula is C14H30. The van der Waals surface area contributed by atoms with Gasteiger partial charge in [0.2, 0.25) is 0 Å². The van der Waals surface area contributed by atoms with Gasteiger partial charge in [-0.15, -0.1) is 0 Å². The fourth-order valence-electron chi connectivity index (χ4n) is 1.49. The van der Waals surface area contributed by atoms with Gasteiger partial charge in [-0.25, -0.2) is 0 Å². The van der Waals surface area contributed by atoms with E-state index in [1.807, 2.05) is 0 Å². The second kappa shape index (κ2) is 5.00. The van der Waals surface area contributed by atoms with E-state index >= 15 is 0 Å². The standard InChI is InChI=1S/C13H26.CH4/c1-10(9-12(3,4)5)11(2)13(6,7)8;/h9,11H,1-8H3;1H4/b10-9+;. The van der Waals surface area contributed by atoms with Gasteiger partial charge >= 0.3 is 0 Å². The summed E-state index contributed by atoms with van der Waals surface area (Å²) in [7, 11) is 0. The summed E-state index contributed by atoms with van der Waals surface area (Å²) < 4.78 is 0. The van der Waals surface area contributed by atoms with Crippen molar-refractivity contribution in [2.24, 2.45) is 16.7 Å². The monoisotopic (exact) mass is 198 g/mol. The minimum Gasteiger partial charge on any atom is -0.0799 e. The molecule has 0 aliphatic heterocycles. The highest BCUT2D eigenvalue weighted by Crippen LogP contribution is 2.33. The Morgan fingerprint density at radius 2 is 1.36 bits per heavy atom. The Hall–Kier alpha value is -0.260. The summed E-state index contributed by atoms with van der Waals surface area (Å²) in [5.74, 6) is 0.659. The first kappa shape index (κ1) is 16.2. The molecule has 0 amide bonds. The van der Waals surface area contributed by atoms with Crippen molar-refractivity contribution >= 4 is 0 Å². The van der Waals surface area contributed by atoms with Crippen LogP contribution in [0.15, 0.2) is 11.6 Å². The van der Waals surface area contributed by atoms with Crippen LogP contribution in [0, 0.1) is 16.7 Å². The number of rotatable bonds is 1. The van der Waals surface area contributed by atoms with Gasteiger partial charge in [0.05, 0.1) is 0 Å². The molecule has 0 spiro atoms. The Morgan fingerprint density at radius 3 is 1.57 bits per heavy atom. The van der Waals surface area contributed by atoms with Gasteiger partial charge in [0.15, 0.2) is 0 Å². The third-order valence-electron chi connectivity index (χ3n) is 2.64. The smallest absolute Gasteiger partial charge is 0.0185 e. The molecule has 1 unspecified atom stereocenters. The second-order valence-corrected chi connectivity index (χ2v) is 6.34. The van der Waals surface area contributed by atoms with Gasteiger partial charge in [-0.3, -0.25) is 0 Å². The Morgan fingerprint density at radius 1 is 1.00 bits per heavy atom. The van der Waals surface area contributed by atoms with Crippen LogP contribution < -0.4 is 0 Å². The molecule has 0 saturated carbocycles. The average Bonchev–Trinajstić information content (AvgIpc) is 1.79. The molecular weight excluding hydrogens is 168 g/mol. The molecule has 0 N–H and O–H groups in total. The molecule has 0 aliphatic rings. The summed E-state index contributed by atoms with van der Waals surface area (Å²) in [5, 5.41) is 0. The molecule has 0 heterocycles. The van der Waals surface area contributed by atoms with Crippen LogP contribution in [0.4, 0.5) is 0 Å². The summed E-state index contributed by atoms with van der Waals surface area (Å²) in [6, 6.07) is 0. The van der Waals surface area contributed by atoms with Gasteiger partial charge in [0.25, 0.3) is 0 Å². The van der Waals surface area contributed by atoms with Crippen molar-refractivity contribution < 1.29 is 0 Å². The highest BCUT2D eigenvalue weighted by atomic mass is 14.3. The van der Waals surface area contributed by atoms with E-state index in [2.05, 4.69) is 61.5 Å². The Bertz CT molecular complexity index is 183. The summed E-state index contributed by atoms with van der Waals surface area (Å²) in [6.45, 7) is 18.2.